The molecule has 2 atom stereocenters. The molecule has 1 aliphatic rings. The minimum Gasteiger partial charge on any atom is -0.396 e. The highest BCUT2D eigenvalue weighted by atomic mass is 16.3. The average molecular weight is 230 g/mol. The van der Waals surface area contributed by atoms with Gasteiger partial charge in [-0.1, -0.05) is 49.8 Å². The van der Waals surface area contributed by atoms with Gasteiger partial charge in [-0.15, -0.1) is 0 Å². The second-order valence-corrected chi connectivity index (χ2v) is 4.99. The second kappa shape index (κ2) is 5.50. The first kappa shape index (κ1) is 12.4. The first-order valence-electron chi connectivity index (χ1n) is 6.66. The summed E-state index contributed by atoms with van der Waals surface area (Å²) in [4.78, 5) is 0. The van der Waals surface area contributed by atoms with Crippen LogP contribution in [0.3, 0.4) is 0 Å². The van der Waals surface area contributed by atoms with Crippen molar-refractivity contribution < 1.29 is 5.11 Å². The number of hydrogen-bond acceptors (Lipinski definition) is 1. The van der Waals surface area contributed by atoms with Gasteiger partial charge < -0.3 is 5.11 Å². The third-order valence-electron chi connectivity index (χ3n) is 4.15. The molecule has 1 aromatic rings. The Kier molecular flexibility index (Phi) is 4.01. The molecule has 0 radical (unpaired) electrons. The van der Waals surface area contributed by atoms with Gasteiger partial charge >= 0.3 is 0 Å². The maximum Gasteiger partial charge on any atom is 0.0465 e. The van der Waals surface area contributed by atoms with Gasteiger partial charge in [0.25, 0.3) is 0 Å². The van der Waals surface area contributed by atoms with Crippen LogP contribution in [0.4, 0.5) is 0 Å². The number of benzene rings is 1. The van der Waals surface area contributed by atoms with E-state index in [9.17, 15) is 5.11 Å². The molecule has 92 valence electrons. The van der Waals surface area contributed by atoms with Crippen LogP contribution in [0, 0.1) is 11.8 Å². The smallest absolute Gasteiger partial charge is 0.0465 e. The van der Waals surface area contributed by atoms with Gasteiger partial charge in [-0.05, 0) is 42.2 Å². The normalized spacial score (nSPS) is 25.1. The fourth-order valence-electron chi connectivity index (χ4n) is 3.05. The van der Waals surface area contributed by atoms with Crippen molar-refractivity contribution in [2.24, 2.45) is 11.8 Å². The van der Waals surface area contributed by atoms with Crippen LogP contribution in [0.5, 0.6) is 0 Å². The zero-order valence-corrected chi connectivity index (χ0v) is 10.8. The van der Waals surface area contributed by atoms with Gasteiger partial charge in [-0.25, -0.2) is 0 Å². The van der Waals surface area contributed by atoms with Crippen molar-refractivity contribution in [3.8, 4) is 0 Å². The largest absolute Gasteiger partial charge is 0.396 e. The molecule has 0 spiro atoms. The molecule has 0 fully saturated rings. The predicted octanol–water partition coefficient (Wildman–Crippen LogP) is 3.89. The van der Waals surface area contributed by atoms with E-state index in [1.165, 1.54) is 11.1 Å². The van der Waals surface area contributed by atoms with Crippen LogP contribution in [0.15, 0.2) is 35.9 Å². The van der Waals surface area contributed by atoms with E-state index < -0.39 is 0 Å². The molecule has 0 saturated carbocycles. The summed E-state index contributed by atoms with van der Waals surface area (Å²) in [5.41, 5.74) is 4.43. The highest BCUT2D eigenvalue weighted by Crippen LogP contribution is 2.40. The Balaban J connectivity index is 2.37. The Labute approximate surface area is 104 Å². The van der Waals surface area contributed by atoms with Gasteiger partial charge in [-0.2, -0.15) is 0 Å². The van der Waals surface area contributed by atoms with Crippen LogP contribution in [0.2, 0.25) is 0 Å². The van der Waals surface area contributed by atoms with Crippen molar-refractivity contribution in [3.63, 3.8) is 0 Å². The van der Waals surface area contributed by atoms with E-state index in [1.54, 1.807) is 5.57 Å². The third kappa shape index (κ3) is 2.44. The highest BCUT2D eigenvalue weighted by Gasteiger charge is 2.27. The van der Waals surface area contributed by atoms with Gasteiger partial charge in [0, 0.05) is 6.61 Å². The first-order valence-corrected chi connectivity index (χ1v) is 6.66. The Morgan fingerprint density at radius 3 is 2.53 bits per heavy atom. The predicted molar refractivity (Wildman–Crippen MR) is 72.6 cm³/mol. The molecule has 1 aromatic carbocycles. The van der Waals surface area contributed by atoms with Gasteiger partial charge in [0.1, 0.15) is 0 Å². The van der Waals surface area contributed by atoms with Crippen LogP contribution in [0.1, 0.15) is 38.7 Å². The van der Waals surface area contributed by atoms with Gasteiger partial charge in [-0.3, -0.25) is 0 Å². The summed E-state index contributed by atoms with van der Waals surface area (Å²) < 4.78 is 0. The standard InChI is InChI=1S/C16H22O/c1-3-15-12(2)14(11-17)9-10-16(15)13-7-5-4-6-8-13/h4-8,12,14,17H,3,9-11H2,1-2H3. The van der Waals surface area contributed by atoms with Crippen LogP contribution in [0.25, 0.3) is 5.57 Å². The van der Waals surface area contributed by atoms with E-state index in [4.69, 9.17) is 0 Å². The van der Waals surface area contributed by atoms with Crippen molar-refractivity contribution in [1.82, 2.24) is 0 Å². The molecule has 1 aliphatic carbocycles. The SMILES string of the molecule is CCC1=C(c2ccccc2)CCC(CO)C1C. The van der Waals surface area contributed by atoms with Crippen LogP contribution in [-0.4, -0.2) is 11.7 Å². The van der Waals surface area contributed by atoms with Crippen molar-refractivity contribution in [3.05, 3.63) is 41.5 Å². The van der Waals surface area contributed by atoms with E-state index in [-0.39, 0.29) is 0 Å². The molecule has 0 heterocycles. The van der Waals surface area contributed by atoms with Crippen molar-refractivity contribution in [2.45, 2.75) is 33.1 Å². The summed E-state index contributed by atoms with van der Waals surface area (Å²) in [7, 11) is 0. The fraction of sp³-hybridized carbons (Fsp3) is 0.500. The van der Waals surface area contributed by atoms with Crippen molar-refractivity contribution >= 4 is 5.57 Å². The summed E-state index contributed by atoms with van der Waals surface area (Å²) in [5.74, 6) is 0.978. The molecule has 17 heavy (non-hydrogen) atoms. The number of rotatable bonds is 3. The zero-order chi connectivity index (χ0) is 12.3. The van der Waals surface area contributed by atoms with Gasteiger partial charge in [0.15, 0.2) is 0 Å². The summed E-state index contributed by atoms with van der Waals surface area (Å²) in [6.07, 6.45) is 3.33. The third-order valence-corrected chi connectivity index (χ3v) is 4.15. The summed E-state index contributed by atoms with van der Waals surface area (Å²) in [5, 5.41) is 9.41. The quantitative estimate of drug-likeness (QED) is 0.835. The molecule has 1 heteroatoms. The lowest BCUT2D eigenvalue weighted by Gasteiger charge is -2.32. The van der Waals surface area contributed by atoms with E-state index in [0.717, 1.165) is 19.3 Å². The highest BCUT2D eigenvalue weighted by molar-refractivity contribution is 5.69. The van der Waals surface area contributed by atoms with Crippen LogP contribution >= 0.6 is 0 Å². The molecule has 2 unspecified atom stereocenters. The lowest BCUT2D eigenvalue weighted by atomic mass is 9.74. The van der Waals surface area contributed by atoms with Crippen LogP contribution in [-0.2, 0) is 0 Å². The minimum absolute atomic E-state index is 0.326. The molecule has 2 rings (SSSR count). The molecule has 1 nitrogen and oxygen atoms in total. The summed E-state index contributed by atoms with van der Waals surface area (Å²) >= 11 is 0. The summed E-state index contributed by atoms with van der Waals surface area (Å²) in [6.45, 7) is 4.82. The molecular formula is C16H22O. The second-order valence-electron chi connectivity index (χ2n) is 4.99. The topological polar surface area (TPSA) is 20.2 Å². The van der Waals surface area contributed by atoms with E-state index >= 15 is 0 Å². The molecule has 0 amide bonds. The Morgan fingerprint density at radius 2 is 1.94 bits per heavy atom. The fourth-order valence-corrected chi connectivity index (χ4v) is 3.05. The Hall–Kier alpha value is -1.08. The average Bonchev–Trinajstić information content (AvgIpc) is 2.39. The molecule has 0 saturated heterocycles. The lowest BCUT2D eigenvalue weighted by molar-refractivity contribution is 0.182. The molecule has 0 bridgehead atoms. The summed E-state index contributed by atoms with van der Waals surface area (Å²) in [6, 6.07) is 10.7. The monoisotopic (exact) mass is 230 g/mol. The maximum atomic E-state index is 9.41. The first-order chi connectivity index (χ1) is 8.27. The number of aliphatic hydroxyl groups excluding tert-OH is 1. The zero-order valence-electron chi connectivity index (χ0n) is 10.8. The number of allylic oxidation sites excluding steroid dienone is 2. The Morgan fingerprint density at radius 1 is 1.24 bits per heavy atom. The van der Waals surface area contributed by atoms with Gasteiger partial charge in [0.2, 0.25) is 0 Å². The Bertz CT molecular complexity index is 391. The van der Waals surface area contributed by atoms with Crippen molar-refractivity contribution in [2.75, 3.05) is 6.61 Å². The van der Waals surface area contributed by atoms with Gasteiger partial charge in [0.05, 0.1) is 0 Å². The molecular weight excluding hydrogens is 208 g/mol. The van der Waals surface area contributed by atoms with Crippen LogP contribution < -0.4 is 0 Å². The molecule has 0 aliphatic heterocycles. The van der Waals surface area contributed by atoms with Crippen molar-refractivity contribution in [1.29, 1.82) is 0 Å². The van der Waals surface area contributed by atoms with E-state index in [1.807, 2.05) is 0 Å². The maximum absolute atomic E-state index is 9.41. The molecule has 1 N–H and O–H groups in total. The number of hydrogen-bond donors (Lipinski definition) is 1. The minimum atomic E-state index is 0.326. The van der Waals surface area contributed by atoms with E-state index in [2.05, 4.69) is 44.2 Å². The molecule has 0 aromatic heterocycles. The lowest BCUT2D eigenvalue weighted by Crippen LogP contribution is -2.23. The number of aliphatic hydroxyl groups is 1. The van der Waals surface area contributed by atoms with E-state index in [0.29, 0.717) is 18.4 Å².